The van der Waals surface area contributed by atoms with E-state index in [9.17, 15) is 4.79 Å². The molecule has 0 aliphatic carbocycles. The number of nitrogens with one attached hydrogen (secondary N) is 1. The van der Waals surface area contributed by atoms with Crippen molar-refractivity contribution in [2.75, 3.05) is 0 Å². The van der Waals surface area contributed by atoms with Crippen LogP contribution in [0.3, 0.4) is 0 Å². The number of H-pyrrole nitrogens is 1. The van der Waals surface area contributed by atoms with Gasteiger partial charge in [0, 0.05) is 13.1 Å². The second-order valence-corrected chi connectivity index (χ2v) is 5.99. The number of carbonyl (C=O) groups excluding carboxylic acids is 1. The molecule has 0 fully saturated rings. The van der Waals surface area contributed by atoms with Gasteiger partial charge in [-0.05, 0) is 29.6 Å². The first-order chi connectivity index (χ1) is 11.2. The van der Waals surface area contributed by atoms with E-state index in [0.29, 0.717) is 5.75 Å². The molecule has 3 heterocycles. The summed E-state index contributed by atoms with van der Waals surface area (Å²) in [5, 5.41) is 8.84. The van der Waals surface area contributed by atoms with Gasteiger partial charge in [0.25, 0.3) is 0 Å². The largest absolute Gasteiger partial charge is 0.422 e. The molecule has 0 radical (unpaired) electrons. The Labute approximate surface area is 135 Å². The summed E-state index contributed by atoms with van der Waals surface area (Å²) in [4.78, 5) is 17.5. The predicted octanol–water partition coefficient (Wildman–Crippen LogP) is 3.24. The molecular formula is C16H12N4O2S. The number of imidazole rings is 1. The lowest BCUT2D eigenvalue weighted by atomic mass is 10.3. The van der Waals surface area contributed by atoms with Gasteiger partial charge in [-0.2, -0.15) is 5.10 Å². The van der Waals surface area contributed by atoms with Gasteiger partial charge in [-0.1, -0.05) is 6.07 Å². The Balaban J connectivity index is 1.57. The molecule has 1 aromatic carbocycles. The lowest BCUT2D eigenvalue weighted by Gasteiger charge is -2.02. The molecule has 7 heteroatoms. The zero-order valence-corrected chi connectivity index (χ0v) is 13.0. The summed E-state index contributed by atoms with van der Waals surface area (Å²) in [6, 6.07) is 10.9. The Bertz CT molecular complexity index is 985. The second kappa shape index (κ2) is 5.36. The summed E-state index contributed by atoms with van der Waals surface area (Å²) in [6.07, 6.45) is 1.72. The van der Waals surface area contributed by atoms with Crippen LogP contribution in [0.4, 0.5) is 0 Å². The lowest BCUT2D eigenvalue weighted by molar-refractivity contribution is 0.0729. The number of rotatable bonds is 3. The first-order valence-electron chi connectivity index (χ1n) is 6.93. The van der Waals surface area contributed by atoms with E-state index in [4.69, 9.17) is 4.74 Å². The van der Waals surface area contributed by atoms with Crippen LogP contribution in [0.2, 0.25) is 0 Å². The van der Waals surface area contributed by atoms with Crippen LogP contribution in [0.1, 0.15) is 10.5 Å². The molecule has 1 N–H and O–H groups in total. The van der Waals surface area contributed by atoms with Crippen LogP contribution in [0.5, 0.6) is 5.75 Å². The third-order valence-corrected chi connectivity index (χ3v) is 4.38. The highest BCUT2D eigenvalue weighted by atomic mass is 32.1. The van der Waals surface area contributed by atoms with Crippen molar-refractivity contribution < 1.29 is 9.53 Å². The van der Waals surface area contributed by atoms with Gasteiger partial charge in [0.05, 0.1) is 27.9 Å². The molecule has 0 saturated heterocycles. The molecule has 6 nitrogen and oxygen atoms in total. The van der Waals surface area contributed by atoms with E-state index in [1.54, 1.807) is 35.9 Å². The van der Waals surface area contributed by atoms with Crippen molar-refractivity contribution in [2.24, 2.45) is 7.05 Å². The average Bonchev–Trinajstić information content (AvgIpc) is 3.27. The fourth-order valence-corrected chi connectivity index (χ4v) is 3.02. The van der Waals surface area contributed by atoms with Gasteiger partial charge in [0.15, 0.2) is 5.69 Å². The van der Waals surface area contributed by atoms with Crippen molar-refractivity contribution in [1.82, 2.24) is 19.7 Å². The van der Waals surface area contributed by atoms with E-state index in [-0.39, 0.29) is 5.69 Å². The number of esters is 1. The minimum absolute atomic E-state index is 0.245. The van der Waals surface area contributed by atoms with Gasteiger partial charge in [0.2, 0.25) is 0 Å². The Morgan fingerprint density at radius 3 is 3.04 bits per heavy atom. The molecule has 0 spiro atoms. The second-order valence-electron chi connectivity index (χ2n) is 5.04. The topological polar surface area (TPSA) is 72.8 Å². The number of ether oxygens (including phenoxy) is 1. The molecule has 0 bridgehead atoms. The first kappa shape index (κ1) is 13.7. The van der Waals surface area contributed by atoms with Crippen molar-refractivity contribution in [3.63, 3.8) is 0 Å². The maximum absolute atomic E-state index is 12.2. The summed E-state index contributed by atoms with van der Waals surface area (Å²) in [6.45, 7) is 0. The van der Waals surface area contributed by atoms with Crippen LogP contribution in [0.15, 0.2) is 48.1 Å². The number of fused-ring (bicyclic) bond motifs is 1. The van der Waals surface area contributed by atoms with Gasteiger partial charge >= 0.3 is 5.97 Å². The highest BCUT2D eigenvalue weighted by Crippen LogP contribution is 2.24. The molecule has 0 aliphatic heterocycles. The van der Waals surface area contributed by atoms with E-state index >= 15 is 0 Å². The van der Waals surface area contributed by atoms with E-state index in [2.05, 4.69) is 15.2 Å². The predicted molar refractivity (Wildman–Crippen MR) is 87.6 cm³/mol. The van der Waals surface area contributed by atoms with Gasteiger partial charge < -0.3 is 9.30 Å². The zero-order valence-electron chi connectivity index (χ0n) is 12.2. The van der Waals surface area contributed by atoms with Crippen LogP contribution in [-0.2, 0) is 7.05 Å². The number of benzene rings is 1. The number of aromatic amines is 1. The molecule has 0 atom stereocenters. The maximum Gasteiger partial charge on any atom is 0.364 e. The molecule has 4 rings (SSSR count). The van der Waals surface area contributed by atoms with Crippen LogP contribution < -0.4 is 4.74 Å². The molecule has 0 unspecified atom stereocenters. The molecule has 0 aliphatic rings. The number of aromatic nitrogens is 4. The summed E-state index contributed by atoms with van der Waals surface area (Å²) in [5.74, 6) is -0.0544. The van der Waals surface area contributed by atoms with Gasteiger partial charge in [-0.25, -0.2) is 9.78 Å². The van der Waals surface area contributed by atoms with Crippen LogP contribution >= 0.6 is 11.3 Å². The normalized spacial score (nSPS) is 11.0. The molecule has 3 aromatic heterocycles. The zero-order chi connectivity index (χ0) is 15.8. The maximum atomic E-state index is 12.2. The average molecular weight is 324 g/mol. The van der Waals surface area contributed by atoms with Crippen LogP contribution in [0, 0.1) is 0 Å². The van der Waals surface area contributed by atoms with E-state index < -0.39 is 5.97 Å². The van der Waals surface area contributed by atoms with Crippen molar-refractivity contribution in [2.45, 2.75) is 0 Å². The van der Waals surface area contributed by atoms with Crippen molar-refractivity contribution in [3.05, 3.63) is 53.8 Å². The number of nitrogens with zero attached hydrogens (tertiary/aromatic N) is 3. The smallest absolute Gasteiger partial charge is 0.364 e. The SMILES string of the molecule is Cn1cnc2cc(OC(=O)c3cc(-c4cccs4)[nH]n3)ccc21. The van der Waals surface area contributed by atoms with Crippen molar-refractivity contribution >= 4 is 28.3 Å². The summed E-state index contributed by atoms with van der Waals surface area (Å²) >= 11 is 1.57. The van der Waals surface area contributed by atoms with E-state index in [0.717, 1.165) is 21.6 Å². The Hall–Kier alpha value is -2.93. The number of hydrogen-bond acceptors (Lipinski definition) is 5. The van der Waals surface area contributed by atoms with E-state index in [1.807, 2.05) is 35.2 Å². The highest BCUT2D eigenvalue weighted by molar-refractivity contribution is 7.13. The third kappa shape index (κ3) is 2.51. The number of aryl methyl sites for hydroxylation is 1. The molecular weight excluding hydrogens is 312 g/mol. The quantitative estimate of drug-likeness (QED) is 0.464. The molecule has 23 heavy (non-hydrogen) atoms. The Kier molecular flexibility index (Phi) is 3.20. The Morgan fingerprint density at radius 2 is 2.22 bits per heavy atom. The molecule has 0 saturated carbocycles. The minimum Gasteiger partial charge on any atom is -0.422 e. The van der Waals surface area contributed by atoms with Gasteiger partial charge in [-0.3, -0.25) is 5.10 Å². The lowest BCUT2D eigenvalue weighted by Crippen LogP contribution is -2.08. The van der Waals surface area contributed by atoms with Gasteiger partial charge in [-0.15, -0.1) is 11.3 Å². The number of hydrogen-bond donors (Lipinski definition) is 1. The molecule has 114 valence electrons. The summed E-state index contributed by atoms with van der Waals surface area (Å²) in [5.41, 5.74) is 2.80. The summed E-state index contributed by atoms with van der Waals surface area (Å²) in [7, 11) is 1.91. The van der Waals surface area contributed by atoms with Crippen LogP contribution in [0.25, 0.3) is 21.6 Å². The van der Waals surface area contributed by atoms with Crippen molar-refractivity contribution in [3.8, 4) is 16.3 Å². The summed E-state index contributed by atoms with van der Waals surface area (Å²) < 4.78 is 7.29. The van der Waals surface area contributed by atoms with Gasteiger partial charge in [0.1, 0.15) is 5.75 Å². The minimum atomic E-state index is -0.501. The van der Waals surface area contributed by atoms with Crippen LogP contribution in [-0.4, -0.2) is 25.7 Å². The van der Waals surface area contributed by atoms with Crippen molar-refractivity contribution in [1.29, 1.82) is 0 Å². The fraction of sp³-hybridized carbons (Fsp3) is 0.0625. The monoisotopic (exact) mass is 324 g/mol. The highest BCUT2D eigenvalue weighted by Gasteiger charge is 2.15. The fourth-order valence-electron chi connectivity index (χ4n) is 2.32. The standard InChI is InChI=1S/C16H12N4O2S/c1-20-9-17-11-7-10(4-5-14(11)20)22-16(21)13-8-12(18-19-13)15-3-2-6-23-15/h2-9H,1H3,(H,18,19). The first-order valence-corrected chi connectivity index (χ1v) is 7.81. The number of thiophene rings is 1. The Morgan fingerprint density at radius 1 is 1.30 bits per heavy atom. The van der Waals surface area contributed by atoms with E-state index in [1.165, 1.54) is 0 Å². The molecule has 4 aromatic rings. The third-order valence-electron chi connectivity index (χ3n) is 3.48. The number of carbonyl (C=O) groups is 1. The molecule has 0 amide bonds.